The summed E-state index contributed by atoms with van der Waals surface area (Å²) in [4.78, 5) is 25.3. The van der Waals surface area contributed by atoms with Gasteiger partial charge in [-0.2, -0.15) is 0 Å². The van der Waals surface area contributed by atoms with Crippen LogP contribution in [0, 0.1) is 0 Å². The number of hydrogen-bond donors (Lipinski definition) is 3. The van der Waals surface area contributed by atoms with Crippen LogP contribution in [0.4, 0.5) is 5.69 Å². The van der Waals surface area contributed by atoms with Crippen molar-refractivity contribution < 1.29 is 9.59 Å². The van der Waals surface area contributed by atoms with Gasteiger partial charge in [-0.1, -0.05) is 0 Å². The molecule has 0 aliphatic carbocycles. The molecule has 6 heteroatoms. The van der Waals surface area contributed by atoms with E-state index in [4.69, 9.17) is 5.73 Å². The van der Waals surface area contributed by atoms with Gasteiger partial charge >= 0.3 is 0 Å². The van der Waals surface area contributed by atoms with E-state index in [9.17, 15) is 9.59 Å². The molecule has 1 aliphatic rings. The van der Waals surface area contributed by atoms with E-state index in [1.54, 1.807) is 24.3 Å². The molecular formula is C15H22N4O2. The van der Waals surface area contributed by atoms with E-state index in [0.29, 0.717) is 23.8 Å². The Morgan fingerprint density at radius 3 is 2.67 bits per heavy atom. The summed E-state index contributed by atoms with van der Waals surface area (Å²) in [6, 6.07) is 7.02. The van der Waals surface area contributed by atoms with Crippen LogP contribution < -0.4 is 16.4 Å². The largest absolute Gasteiger partial charge is 0.366 e. The minimum atomic E-state index is -0.472. The fraction of sp³-hybridized carbons (Fsp3) is 0.467. The Kier molecular flexibility index (Phi) is 5.30. The highest BCUT2D eigenvalue weighted by Gasteiger charge is 2.25. The number of nitrogens with zero attached hydrogens (tertiary/aromatic N) is 1. The van der Waals surface area contributed by atoms with Crippen molar-refractivity contribution in [2.75, 3.05) is 32.0 Å². The number of nitrogens with two attached hydrogens (primary N) is 1. The van der Waals surface area contributed by atoms with Crippen molar-refractivity contribution in [1.29, 1.82) is 0 Å². The number of primary amides is 1. The number of nitrogens with one attached hydrogen (secondary N) is 2. The van der Waals surface area contributed by atoms with Crippen LogP contribution in [0.15, 0.2) is 24.3 Å². The van der Waals surface area contributed by atoms with E-state index in [2.05, 4.69) is 15.5 Å². The van der Waals surface area contributed by atoms with Crippen LogP contribution in [-0.2, 0) is 4.79 Å². The summed E-state index contributed by atoms with van der Waals surface area (Å²) in [6.07, 6.45) is 2.26. The highest BCUT2D eigenvalue weighted by Crippen LogP contribution is 2.16. The Morgan fingerprint density at radius 1 is 1.33 bits per heavy atom. The maximum atomic E-state index is 12.1. The molecule has 21 heavy (non-hydrogen) atoms. The smallest absolute Gasteiger partial charge is 0.248 e. The topological polar surface area (TPSA) is 87.5 Å². The molecule has 0 aromatic heterocycles. The van der Waals surface area contributed by atoms with Gasteiger partial charge in [0.25, 0.3) is 0 Å². The van der Waals surface area contributed by atoms with Gasteiger partial charge in [-0.25, -0.2) is 0 Å². The van der Waals surface area contributed by atoms with Crippen LogP contribution in [-0.4, -0.2) is 49.4 Å². The predicted molar refractivity (Wildman–Crippen MR) is 82.1 cm³/mol. The van der Waals surface area contributed by atoms with E-state index in [1.165, 1.54) is 0 Å². The lowest BCUT2D eigenvalue weighted by Gasteiger charge is -2.23. The minimum absolute atomic E-state index is 0.0372. The molecule has 6 nitrogen and oxygen atoms in total. The van der Waals surface area contributed by atoms with Crippen molar-refractivity contribution in [2.45, 2.75) is 18.9 Å². The lowest BCUT2D eigenvalue weighted by Crippen LogP contribution is -2.41. The summed E-state index contributed by atoms with van der Waals surface area (Å²) >= 11 is 0. The number of amides is 2. The second-order valence-electron chi connectivity index (χ2n) is 5.31. The number of rotatable bonds is 6. The molecule has 0 spiro atoms. The molecule has 2 rings (SSSR count). The first-order chi connectivity index (χ1) is 10.1. The van der Waals surface area contributed by atoms with Crippen molar-refractivity contribution >= 4 is 17.5 Å². The Balaban J connectivity index is 1.88. The van der Waals surface area contributed by atoms with Gasteiger partial charge in [0.1, 0.15) is 0 Å². The van der Waals surface area contributed by atoms with Crippen LogP contribution in [0.25, 0.3) is 0 Å². The molecule has 1 unspecified atom stereocenters. The third kappa shape index (κ3) is 4.27. The summed E-state index contributed by atoms with van der Waals surface area (Å²) in [7, 11) is 1.93. The highest BCUT2D eigenvalue weighted by atomic mass is 16.2. The lowest BCUT2D eigenvalue weighted by atomic mass is 10.2. The van der Waals surface area contributed by atoms with Gasteiger partial charge in [-0.05, 0) is 50.7 Å². The lowest BCUT2D eigenvalue weighted by molar-refractivity contribution is -0.117. The van der Waals surface area contributed by atoms with Gasteiger partial charge < -0.3 is 16.4 Å². The van der Waals surface area contributed by atoms with Crippen LogP contribution in [0.1, 0.15) is 23.2 Å². The monoisotopic (exact) mass is 290 g/mol. The number of carbonyl (C=O) groups is 2. The van der Waals surface area contributed by atoms with Gasteiger partial charge in [0.05, 0.1) is 6.54 Å². The Hall–Kier alpha value is -1.92. The van der Waals surface area contributed by atoms with E-state index >= 15 is 0 Å². The summed E-state index contributed by atoms with van der Waals surface area (Å²) < 4.78 is 0. The summed E-state index contributed by atoms with van der Waals surface area (Å²) in [5, 5.41) is 6.01. The number of hydrogen-bond acceptors (Lipinski definition) is 4. The molecule has 0 radical (unpaired) electrons. The van der Waals surface area contributed by atoms with Gasteiger partial charge in [-0.3, -0.25) is 14.5 Å². The molecule has 2 amide bonds. The quantitative estimate of drug-likeness (QED) is 0.708. The number of benzene rings is 1. The molecular weight excluding hydrogens is 268 g/mol. The maximum Gasteiger partial charge on any atom is 0.248 e. The van der Waals surface area contributed by atoms with Crippen molar-refractivity contribution in [3.05, 3.63) is 29.8 Å². The second kappa shape index (κ2) is 7.19. The molecule has 1 aromatic rings. The van der Waals surface area contributed by atoms with Crippen molar-refractivity contribution in [3.8, 4) is 0 Å². The number of anilines is 1. The van der Waals surface area contributed by atoms with Crippen LogP contribution in [0.5, 0.6) is 0 Å². The fourth-order valence-corrected chi connectivity index (χ4v) is 2.67. The molecule has 4 N–H and O–H groups in total. The first-order valence-corrected chi connectivity index (χ1v) is 7.18. The average molecular weight is 290 g/mol. The molecule has 1 fully saturated rings. The van der Waals surface area contributed by atoms with E-state index in [-0.39, 0.29) is 5.91 Å². The summed E-state index contributed by atoms with van der Waals surface area (Å²) in [5.41, 5.74) is 6.29. The molecule has 114 valence electrons. The third-order valence-corrected chi connectivity index (χ3v) is 3.74. The van der Waals surface area contributed by atoms with Crippen LogP contribution >= 0.6 is 0 Å². The Labute approximate surface area is 124 Å². The number of likely N-dealkylation sites (tertiary alicyclic amines) is 1. The highest BCUT2D eigenvalue weighted by molar-refractivity contribution is 5.95. The van der Waals surface area contributed by atoms with Gasteiger partial charge in [0.15, 0.2) is 0 Å². The normalized spacial score (nSPS) is 18.6. The molecule has 1 atom stereocenters. The third-order valence-electron chi connectivity index (χ3n) is 3.74. The van der Waals surface area contributed by atoms with Crippen molar-refractivity contribution in [1.82, 2.24) is 10.2 Å². The van der Waals surface area contributed by atoms with Crippen molar-refractivity contribution in [2.24, 2.45) is 5.73 Å². The minimum Gasteiger partial charge on any atom is -0.366 e. The zero-order valence-electron chi connectivity index (χ0n) is 12.3. The maximum absolute atomic E-state index is 12.1. The first-order valence-electron chi connectivity index (χ1n) is 7.18. The number of likely N-dealkylation sites (N-methyl/N-ethyl adjacent to an activating group) is 1. The first kappa shape index (κ1) is 15.5. The standard InChI is InChI=1S/C15H22N4O2/c1-17-9-13-3-2-8-19(13)10-14(20)18-12-6-4-11(5-7-12)15(16)21/h4-7,13,17H,2-3,8-10H2,1H3,(H2,16,21)(H,18,20). The summed E-state index contributed by atoms with van der Waals surface area (Å²) in [6.45, 7) is 2.25. The van der Waals surface area contributed by atoms with Gasteiger partial charge in [0, 0.05) is 23.8 Å². The molecule has 0 bridgehead atoms. The molecule has 1 saturated heterocycles. The fourth-order valence-electron chi connectivity index (χ4n) is 2.67. The van der Waals surface area contributed by atoms with Gasteiger partial charge in [-0.15, -0.1) is 0 Å². The van der Waals surface area contributed by atoms with E-state index < -0.39 is 5.91 Å². The second-order valence-corrected chi connectivity index (χ2v) is 5.31. The zero-order valence-corrected chi connectivity index (χ0v) is 12.3. The molecule has 1 aromatic carbocycles. The average Bonchev–Trinajstić information content (AvgIpc) is 2.87. The molecule has 0 saturated carbocycles. The van der Waals surface area contributed by atoms with Crippen molar-refractivity contribution in [3.63, 3.8) is 0 Å². The van der Waals surface area contributed by atoms with Gasteiger partial charge in [0.2, 0.25) is 11.8 Å². The predicted octanol–water partition coefficient (Wildman–Crippen LogP) is 0.408. The van der Waals surface area contributed by atoms with E-state index in [1.807, 2.05) is 7.05 Å². The molecule has 1 aliphatic heterocycles. The van der Waals surface area contributed by atoms with E-state index in [0.717, 1.165) is 25.9 Å². The Morgan fingerprint density at radius 2 is 2.05 bits per heavy atom. The summed E-state index contributed by atoms with van der Waals surface area (Å²) in [5.74, 6) is -0.510. The van der Waals surface area contributed by atoms with Crippen LogP contribution in [0.2, 0.25) is 0 Å². The number of carbonyl (C=O) groups excluding carboxylic acids is 2. The van der Waals surface area contributed by atoms with Crippen LogP contribution in [0.3, 0.4) is 0 Å². The Bertz CT molecular complexity index is 501. The zero-order chi connectivity index (χ0) is 15.2. The molecule has 1 heterocycles. The SMILES string of the molecule is CNCC1CCCN1CC(=O)Nc1ccc(C(N)=O)cc1.